The average molecular weight is 534 g/mol. The van der Waals surface area contributed by atoms with E-state index in [-0.39, 0.29) is 6.09 Å². The van der Waals surface area contributed by atoms with E-state index in [1.807, 2.05) is 45.1 Å². The van der Waals surface area contributed by atoms with Crippen molar-refractivity contribution in [2.24, 2.45) is 0 Å². The topological polar surface area (TPSA) is 81.5 Å². The predicted molar refractivity (Wildman–Crippen MR) is 134 cm³/mol. The van der Waals surface area contributed by atoms with Gasteiger partial charge in [-0.2, -0.15) is 0 Å². The van der Waals surface area contributed by atoms with E-state index in [2.05, 4.69) is 20.9 Å². The molecule has 0 saturated heterocycles. The number of carbonyl (C=O) groups is 1. The Morgan fingerprint density at radius 3 is 2.64 bits per heavy atom. The summed E-state index contributed by atoms with van der Waals surface area (Å²) >= 11 is 3.42. The second-order valence-electron chi connectivity index (χ2n) is 9.56. The first kappa shape index (κ1) is 23.8. The molecule has 2 aromatic heterocycles. The highest BCUT2D eigenvalue weighted by Gasteiger charge is 2.41. The monoisotopic (exact) mass is 533 g/mol. The van der Waals surface area contributed by atoms with Crippen LogP contribution in [-0.4, -0.2) is 51.8 Å². The zero-order chi connectivity index (χ0) is 24.0. The molecule has 1 aliphatic heterocycles. The van der Waals surface area contributed by atoms with Crippen molar-refractivity contribution in [1.82, 2.24) is 13.9 Å². The van der Waals surface area contributed by atoms with Crippen molar-refractivity contribution < 1.29 is 17.9 Å². The number of hydrogen-bond acceptors (Lipinski definition) is 5. The van der Waals surface area contributed by atoms with E-state index in [0.29, 0.717) is 37.3 Å². The summed E-state index contributed by atoms with van der Waals surface area (Å²) < 4.78 is 34.6. The second kappa shape index (κ2) is 8.43. The number of halogens is 1. The molecule has 2 aromatic rings. The van der Waals surface area contributed by atoms with Crippen LogP contribution >= 0.6 is 15.9 Å². The lowest BCUT2D eigenvalue weighted by Gasteiger charge is -2.31. The molecule has 1 unspecified atom stereocenters. The van der Waals surface area contributed by atoms with E-state index in [9.17, 15) is 13.2 Å². The number of carbonyl (C=O) groups excluding carboxylic acids is 1. The molecule has 4 rings (SSSR count). The first-order valence-electron chi connectivity index (χ1n) is 10.9. The van der Waals surface area contributed by atoms with Gasteiger partial charge in [-0.25, -0.2) is 22.2 Å². The Labute approximate surface area is 203 Å². The summed E-state index contributed by atoms with van der Waals surface area (Å²) in [4.78, 5) is 18.5. The number of rotatable bonds is 3. The fourth-order valence-electron chi connectivity index (χ4n) is 3.96. The van der Waals surface area contributed by atoms with E-state index in [0.717, 1.165) is 15.4 Å². The highest BCUT2D eigenvalue weighted by molar-refractivity contribution is 9.11. The standard InChI is InChI=1S/C24H28BrN3O4S/c1-23(2,3)32-22(29)27-14-9-17(10-15-27)20-16-18-6-5-13-26-21(18)28(20)33(30,31)24(4)11-7-19(25)8-12-24/h5-9,11,13,16H,10,12,14-15H2,1-4H3. The van der Waals surface area contributed by atoms with Gasteiger partial charge in [-0.15, -0.1) is 0 Å². The zero-order valence-electron chi connectivity index (χ0n) is 19.2. The lowest BCUT2D eigenvalue weighted by Crippen LogP contribution is -2.40. The first-order chi connectivity index (χ1) is 15.4. The van der Waals surface area contributed by atoms with Gasteiger partial charge >= 0.3 is 6.09 Å². The van der Waals surface area contributed by atoms with Crippen molar-refractivity contribution in [2.75, 3.05) is 13.1 Å². The van der Waals surface area contributed by atoms with Crippen molar-refractivity contribution >= 4 is 48.7 Å². The molecule has 1 atom stereocenters. The molecule has 0 saturated carbocycles. The predicted octanol–water partition coefficient (Wildman–Crippen LogP) is 5.24. The van der Waals surface area contributed by atoms with Crippen LogP contribution < -0.4 is 0 Å². The lowest BCUT2D eigenvalue weighted by molar-refractivity contribution is 0.0270. The minimum absolute atomic E-state index is 0.351. The van der Waals surface area contributed by atoms with Crippen molar-refractivity contribution in [3.05, 3.63) is 58.9 Å². The quantitative estimate of drug-likeness (QED) is 0.539. The summed E-state index contributed by atoms with van der Waals surface area (Å²) in [6, 6.07) is 5.53. The molecular weight excluding hydrogens is 506 g/mol. The van der Waals surface area contributed by atoms with Crippen molar-refractivity contribution in [2.45, 2.75) is 50.9 Å². The van der Waals surface area contributed by atoms with Gasteiger partial charge in [-0.05, 0) is 64.3 Å². The number of nitrogens with zero attached hydrogens (tertiary/aromatic N) is 3. The van der Waals surface area contributed by atoms with Gasteiger partial charge in [0.1, 0.15) is 10.3 Å². The maximum Gasteiger partial charge on any atom is 0.410 e. The Morgan fingerprint density at radius 2 is 2.03 bits per heavy atom. The van der Waals surface area contributed by atoms with E-state index in [4.69, 9.17) is 4.74 Å². The van der Waals surface area contributed by atoms with E-state index >= 15 is 0 Å². The summed E-state index contributed by atoms with van der Waals surface area (Å²) in [5.41, 5.74) is 1.30. The molecular formula is C24H28BrN3O4S. The molecule has 1 amide bonds. The number of aromatic nitrogens is 2. The number of hydrogen-bond donors (Lipinski definition) is 0. The molecule has 0 spiro atoms. The summed E-state index contributed by atoms with van der Waals surface area (Å²) in [7, 11) is -3.85. The molecule has 2 aliphatic rings. The van der Waals surface area contributed by atoms with Crippen LogP contribution in [0.3, 0.4) is 0 Å². The molecule has 0 N–H and O–H groups in total. The summed E-state index contributed by atoms with van der Waals surface area (Å²) in [5, 5.41) is 0.756. The van der Waals surface area contributed by atoms with Crippen LogP contribution in [0, 0.1) is 0 Å². The van der Waals surface area contributed by atoms with Crippen LogP contribution in [-0.2, 0) is 14.8 Å². The molecule has 7 nitrogen and oxygen atoms in total. The van der Waals surface area contributed by atoms with Crippen LogP contribution in [0.4, 0.5) is 4.79 Å². The smallest absolute Gasteiger partial charge is 0.410 e. The van der Waals surface area contributed by atoms with Crippen LogP contribution in [0.15, 0.2) is 53.2 Å². The molecule has 0 aromatic carbocycles. The Balaban J connectivity index is 1.74. The fraction of sp³-hybridized carbons (Fsp3) is 0.417. The SMILES string of the molecule is CC(C)(C)OC(=O)N1CC=C(c2cc3cccnc3n2S(=O)(=O)C2(C)C=CC(Br)=CC2)CC1. The normalized spacial score (nSPS) is 21.7. The van der Waals surface area contributed by atoms with Crippen LogP contribution in [0.5, 0.6) is 0 Å². The maximum absolute atomic E-state index is 14.0. The van der Waals surface area contributed by atoms with E-state index < -0.39 is 20.4 Å². The van der Waals surface area contributed by atoms with Gasteiger partial charge in [-0.1, -0.05) is 40.2 Å². The second-order valence-corrected chi connectivity index (χ2v) is 12.7. The molecule has 3 heterocycles. The largest absolute Gasteiger partial charge is 0.444 e. The number of pyridine rings is 1. The molecule has 176 valence electrons. The number of amides is 1. The fourth-order valence-corrected chi connectivity index (χ4v) is 6.02. The Kier molecular flexibility index (Phi) is 6.07. The highest BCUT2D eigenvalue weighted by atomic mass is 79.9. The lowest BCUT2D eigenvalue weighted by atomic mass is 10.0. The van der Waals surface area contributed by atoms with Gasteiger partial charge in [0.2, 0.25) is 10.0 Å². The van der Waals surface area contributed by atoms with Crippen LogP contribution in [0.1, 0.15) is 46.2 Å². The number of ether oxygens (including phenoxy) is 1. The third-order valence-electron chi connectivity index (χ3n) is 5.84. The van der Waals surface area contributed by atoms with Crippen LogP contribution in [0.25, 0.3) is 16.6 Å². The molecule has 33 heavy (non-hydrogen) atoms. The summed E-state index contributed by atoms with van der Waals surface area (Å²) in [6.45, 7) is 8.03. The number of allylic oxidation sites excluding steroid dienone is 3. The Bertz CT molecular complexity index is 1300. The Morgan fingerprint density at radius 1 is 1.27 bits per heavy atom. The van der Waals surface area contributed by atoms with E-state index in [1.54, 1.807) is 36.2 Å². The van der Waals surface area contributed by atoms with Crippen molar-refractivity contribution in [3.8, 4) is 0 Å². The van der Waals surface area contributed by atoms with E-state index in [1.165, 1.54) is 3.97 Å². The van der Waals surface area contributed by atoms with Crippen molar-refractivity contribution in [1.29, 1.82) is 0 Å². The van der Waals surface area contributed by atoms with Crippen molar-refractivity contribution in [3.63, 3.8) is 0 Å². The van der Waals surface area contributed by atoms with Gasteiger partial charge in [0.05, 0.1) is 5.69 Å². The van der Waals surface area contributed by atoms with Gasteiger partial charge in [0.25, 0.3) is 0 Å². The minimum atomic E-state index is -3.85. The maximum atomic E-state index is 14.0. The Hall–Kier alpha value is -2.39. The van der Waals surface area contributed by atoms with Gasteiger partial charge in [-0.3, -0.25) is 0 Å². The van der Waals surface area contributed by atoms with Gasteiger partial charge in [0.15, 0.2) is 5.65 Å². The third kappa shape index (κ3) is 4.53. The third-order valence-corrected chi connectivity index (χ3v) is 8.76. The molecule has 0 bridgehead atoms. The number of fused-ring (bicyclic) bond motifs is 1. The van der Waals surface area contributed by atoms with Gasteiger partial charge in [0, 0.05) is 29.2 Å². The molecule has 0 radical (unpaired) electrons. The summed E-state index contributed by atoms with van der Waals surface area (Å²) in [5.74, 6) is 0. The molecule has 9 heteroatoms. The highest BCUT2D eigenvalue weighted by Crippen LogP contribution is 2.37. The van der Waals surface area contributed by atoms with Gasteiger partial charge < -0.3 is 9.64 Å². The molecule has 0 fully saturated rings. The average Bonchev–Trinajstić information content (AvgIpc) is 3.15. The molecule has 1 aliphatic carbocycles. The minimum Gasteiger partial charge on any atom is -0.444 e. The van der Waals surface area contributed by atoms with Crippen LogP contribution in [0.2, 0.25) is 0 Å². The zero-order valence-corrected chi connectivity index (χ0v) is 21.6. The first-order valence-corrected chi connectivity index (χ1v) is 13.1. The summed E-state index contributed by atoms with van der Waals surface area (Å²) in [6.07, 6.45) is 9.38.